The van der Waals surface area contributed by atoms with Crippen LogP contribution in [0.5, 0.6) is 5.88 Å². The molecule has 3 aromatic rings. The summed E-state index contributed by atoms with van der Waals surface area (Å²) < 4.78 is 15.4. The van der Waals surface area contributed by atoms with E-state index < -0.39 is 12.1 Å². The van der Waals surface area contributed by atoms with Gasteiger partial charge in [-0.2, -0.15) is 15.0 Å². The predicted molar refractivity (Wildman–Crippen MR) is 85.0 cm³/mol. The van der Waals surface area contributed by atoms with Gasteiger partial charge in [-0.15, -0.1) is 0 Å². The van der Waals surface area contributed by atoms with Gasteiger partial charge in [0.25, 0.3) is 0 Å². The van der Waals surface area contributed by atoms with Gasteiger partial charge in [-0.05, 0) is 37.3 Å². The Balaban J connectivity index is 2.09. The highest BCUT2D eigenvalue weighted by molar-refractivity contribution is 5.73. The van der Waals surface area contributed by atoms with Crippen molar-refractivity contribution in [3.05, 3.63) is 59.2 Å². The van der Waals surface area contributed by atoms with E-state index in [1.807, 2.05) is 6.07 Å². The van der Waals surface area contributed by atoms with Crippen molar-refractivity contribution < 1.29 is 19.7 Å². The SMILES string of the molecule is Cc1nn(-c2ccc(C(O)O)cn2)c(O)c1-c1ccc(C#N)cc1F. The van der Waals surface area contributed by atoms with Crippen LogP contribution >= 0.6 is 0 Å². The average molecular weight is 340 g/mol. The van der Waals surface area contributed by atoms with Crippen LogP contribution in [0.15, 0.2) is 36.5 Å². The molecule has 0 saturated heterocycles. The topological polar surface area (TPSA) is 115 Å². The molecule has 8 heteroatoms. The Labute approximate surface area is 141 Å². The fourth-order valence-electron chi connectivity index (χ4n) is 2.45. The molecule has 0 radical (unpaired) electrons. The van der Waals surface area contributed by atoms with Gasteiger partial charge in [-0.25, -0.2) is 9.37 Å². The van der Waals surface area contributed by atoms with Crippen LogP contribution in [0, 0.1) is 24.1 Å². The first kappa shape index (κ1) is 16.6. The molecule has 0 fully saturated rings. The van der Waals surface area contributed by atoms with E-state index in [0.717, 1.165) is 10.7 Å². The maximum atomic E-state index is 14.3. The zero-order valence-corrected chi connectivity index (χ0v) is 13.0. The molecule has 126 valence electrons. The summed E-state index contributed by atoms with van der Waals surface area (Å²) in [6, 6.07) is 8.65. The van der Waals surface area contributed by atoms with Crippen molar-refractivity contribution in [1.82, 2.24) is 14.8 Å². The number of hydrogen-bond acceptors (Lipinski definition) is 6. The molecular formula is C17H13FN4O3. The highest BCUT2D eigenvalue weighted by atomic mass is 19.1. The van der Waals surface area contributed by atoms with Crippen LogP contribution in [0.1, 0.15) is 23.1 Å². The molecule has 0 saturated carbocycles. The van der Waals surface area contributed by atoms with Gasteiger partial charge in [0.2, 0.25) is 5.88 Å². The number of aliphatic hydroxyl groups excluding tert-OH is 1. The number of halogens is 1. The quantitative estimate of drug-likeness (QED) is 0.628. The summed E-state index contributed by atoms with van der Waals surface area (Å²) >= 11 is 0. The van der Waals surface area contributed by atoms with Gasteiger partial charge in [0.05, 0.1) is 22.9 Å². The molecule has 0 unspecified atom stereocenters. The minimum atomic E-state index is -1.65. The van der Waals surface area contributed by atoms with Gasteiger partial charge in [0.1, 0.15) is 5.82 Å². The monoisotopic (exact) mass is 340 g/mol. The third-order valence-electron chi connectivity index (χ3n) is 3.69. The predicted octanol–water partition coefficient (Wildman–Crippen LogP) is 1.94. The van der Waals surface area contributed by atoms with Gasteiger partial charge < -0.3 is 15.3 Å². The second kappa shape index (κ2) is 6.32. The smallest absolute Gasteiger partial charge is 0.224 e. The molecule has 3 N–H and O–H groups in total. The molecule has 0 spiro atoms. The van der Waals surface area contributed by atoms with Crippen LogP contribution < -0.4 is 0 Å². The molecule has 1 aromatic carbocycles. The van der Waals surface area contributed by atoms with E-state index in [1.54, 1.807) is 6.92 Å². The van der Waals surface area contributed by atoms with Gasteiger partial charge in [0.15, 0.2) is 12.1 Å². The van der Waals surface area contributed by atoms with Crippen molar-refractivity contribution in [2.24, 2.45) is 0 Å². The second-order valence-electron chi connectivity index (χ2n) is 5.33. The number of aromatic hydroxyl groups is 1. The number of nitriles is 1. The maximum absolute atomic E-state index is 14.3. The number of rotatable bonds is 3. The lowest BCUT2D eigenvalue weighted by molar-refractivity contribution is -0.0427. The normalized spacial score (nSPS) is 10.9. The summed E-state index contributed by atoms with van der Waals surface area (Å²) in [6.45, 7) is 1.61. The molecule has 2 aromatic heterocycles. The standard InChI is InChI=1S/C17H13FN4O3/c1-9-15(12-4-2-10(7-19)6-13(12)18)16(23)22(21-9)14-5-3-11(8-20-14)17(24)25/h2-6,8,17,23-25H,1H3. The van der Waals surface area contributed by atoms with Crippen LogP contribution in [0.25, 0.3) is 16.9 Å². The first-order chi connectivity index (χ1) is 11.9. The first-order valence-electron chi connectivity index (χ1n) is 7.23. The lowest BCUT2D eigenvalue weighted by Crippen LogP contribution is -2.02. The Morgan fingerprint density at radius 2 is 2.00 bits per heavy atom. The summed E-state index contributed by atoms with van der Waals surface area (Å²) in [5.41, 5.74) is 1.03. The van der Waals surface area contributed by atoms with Crippen molar-refractivity contribution in [3.63, 3.8) is 0 Å². The molecular weight excluding hydrogens is 327 g/mol. The van der Waals surface area contributed by atoms with Gasteiger partial charge >= 0.3 is 0 Å². The molecule has 0 atom stereocenters. The fraction of sp³-hybridized carbons (Fsp3) is 0.118. The third-order valence-corrected chi connectivity index (χ3v) is 3.69. The number of nitrogens with zero attached hydrogens (tertiary/aromatic N) is 4. The molecule has 0 aliphatic heterocycles. The average Bonchev–Trinajstić information content (AvgIpc) is 2.89. The number of pyridine rings is 1. The summed E-state index contributed by atoms with van der Waals surface area (Å²) in [6.07, 6.45) is -0.420. The van der Waals surface area contributed by atoms with E-state index in [4.69, 9.17) is 15.5 Å². The van der Waals surface area contributed by atoms with E-state index in [9.17, 15) is 9.50 Å². The number of aromatic nitrogens is 3. The van der Waals surface area contributed by atoms with Crippen molar-refractivity contribution in [2.75, 3.05) is 0 Å². The molecule has 0 aliphatic carbocycles. The third kappa shape index (κ3) is 2.94. The molecule has 7 nitrogen and oxygen atoms in total. The molecule has 25 heavy (non-hydrogen) atoms. The summed E-state index contributed by atoms with van der Waals surface area (Å²) in [4.78, 5) is 4.01. The van der Waals surface area contributed by atoms with Crippen LogP contribution in [-0.4, -0.2) is 30.1 Å². The van der Waals surface area contributed by atoms with E-state index >= 15 is 0 Å². The number of hydrogen-bond donors (Lipinski definition) is 3. The number of aryl methyl sites for hydroxylation is 1. The fourth-order valence-corrected chi connectivity index (χ4v) is 2.45. The number of aliphatic hydroxyl groups is 2. The van der Waals surface area contributed by atoms with Crippen molar-refractivity contribution >= 4 is 0 Å². The molecule has 0 amide bonds. The van der Waals surface area contributed by atoms with Gasteiger partial charge in [-0.3, -0.25) is 0 Å². The zero-order valence-electron chi connectivity index (χ0n) is 13.0. The Morgan fingerprint density at radius 3 is 2.56 bits per heavy atom. The highest BCUT2D eigenvalue weighted by Gasteiger charge is 2.21. The Bertz CT molecular complexity index is 975. The van der Waals surface area contributed by atoms with Crippen molar-refractivity contribution in [2.45, 2.75) is 13.2 Å². The van der Waals surface area contributed by atoms with E-state index in [2.05, 4.69) is 10.1 Å². The minimum Gasteiger partial charge on any atom is -0.493 e. The molecule has 2 heterocycles. The summed E-state index contributed by atoms with van der Waals surface area (Å²) in [7, 11) is 0. The minimum absolute atomic E-state index is 0.114. The highest BCUT2D eigenvalue weighted by Crippen LogP contribution is 2.35. The van der Waals surface area contributed by atoms with E-state index in [1.165, 1.54) is 30.5 Å². The second-order valence-corrected chi connectivity index (χ2v) is 5.33. The lowest BCUT2D eigenvalue weighted by atomic mass is 10.0. The number of benzene rings is 1. The molecule has 0 aliphatic rings. The van der Waals surface area contributed by atoms with E-state index in [0.29, 0.717) is 5.69 Å². The van der Waals surface area contributed by atoms with Crippen molar-refractivity contribution in [3.8, 4) is 28.9 Å². The summed E-state index contributed by atoms with van der Waals surface area (Å²) in [5, 5.41) is 41.6. The van der Waals surface area contributed by atoms with Gasteiger partial charge in [-0.1, -0.05) is 0 Å². The van der Waals surface area contributed by atoms with E-state index in [-0.39, 0.29) is 34.0 Å². The van der Waals surface area contributed by atoms with Crippen LogP contribution in [0.3, 0.4) is 0 Å². The van der Waals surface area contributed by atoms with Crippen LogP contribution in [0.4, 0.5) is 4.39 Å². The maximum Gasteiger partial charge on any atom is 0.224 e. The molecule has 3 rings (SSSR count). The van der Waals surface area contributed by atoms with Crippen LogP contribution in [0.2, 0.25) is 0 Å². The van der Waals surface area contributed by atoms with Crippen LogP contribution in [-0.2, 0) is 0 Å². The molecule has 0 bridgehead atoms. The zero-order chi connectivity index (χ0) is 18.1. The summed E-state index contributed by atoms with van der Waals surface area (Å²) in [5.74, 6) is -0.736. The lowest BCUT2D eigenvalue weighted by Gasteiger charge is -2.06. The largest absolute Gasteiger partial charge is 0.493 e. The Kier molecular flexibility index (Phi) is 4.19. The Morgan fingerprint density at radius 1 is 1.24 bits per heavy atom. The van der Waals surface area contributed by atoms with Gasteiger partial charge in [0, 0.05) is 17.3 Å². The van der Waals surface area contributed by atoms with Crippen molar-refractivity contribution in [1.29, 1.82) is 5.26 Å². The first-order valence-corrected chi connectivity index (χ1v) is 7.23. The Hall–Kier alpha value is -3.28.